The van der Waals surface area contributed by atoms with Crippen molar-refractivity contribution in [1.29, 1.82) is 0 Å². The molecule has 0 aromatic carbocycles. The minimum Gasteiger partial charge on any atom is -0.376 e. The maximum Gasteiger partial charge on any atom is 0.112 e. The van der Waals surface area contributed by atoms with Crippen LogP contribution >= 0.6 is 0 Å². The van der Waals surface area contributed by atoms with E-state index >= 15 is 0 Å². The van der Waals surface area contributed by atoms with Gasteiger partial charge in [-0.15, -0.1) is 0 Å². The van der Waals surface area contributed by atoms with Gasteiger partial charge in [-0.25, -0.2) is 0 Å². The molecule has 0 spiro atoms. The Morgan fingerprint density at radius 3 is 2.55 bits per heavy atom. The number of methoxy groups -OCH3 is 2. The predicted molar refractivity (Wildman–Crippen MR) is 41.6 cm³/mol. The molecule has 0 saturated carbocycles. The summed E-state index contributed by atoms with van der Waals surface area (Å²) in [6.07, 6.45) is 1.43. The quantitative estimate of drug-likeness (QED) is 0.612. The van der Waals surface area contributed by atoms with Crippen molar-refractivity contribution in [3.63, 3.8) is 0 Å². The summed E-state index contributed by atoms with van der Waals surface area (Å²) in [5.74, 6) is 0. The van der Waals surface area contributed by atoms with Gasteiger partial charge in [-0.1, -0.05) is 6.92 Å². The van der Waals surface area contributed by atoms with Crippen molar-refractivity contribution in [2.75, 3.05) is 20.8 Å². The molecule has 0 amide bonds. The Bertz CT molecular complexity index is 104. The summed E-state index contributed by atoms with van der Waals surface area (Å²) >= 11 is 0. The Hall–Kier alpha value is -0.120. The first-order chi connectivity index (χ1) is 5.33. The summed E-state index contributed by atoms with van der Waals surface area (Å²) in [5.41, 5.74) is 0. The highest BCUT2D eigenvalue weighted by Gasteiger charge is 2.36. The Morgan fingerprint density at radius 2 is 2.09 bits per heavy atom. The van der Waals surface area contributed by atoms with E-state index in [4.69, 9.17) is 14.2 Å². The Labute approximate surface area is 67.6 Å². The molecule has 3 nitrogen and oxygen atoms in total. The molecule has 3 atom stereocenters. The second-order valence-corrected chi connectivity index (χ2v) is 2.75. The summed E-state index contributed by atoms with van der Waals surface area (Å²) in [7, 11) is 3.39. The fraction of sp³-hybridized carbons (Fsp3) is 1.00. The number of hydrogen-bond donors (Lipinski definition) is 0. The van der Waals surface area contributed by atoms with Gasteiger partial charge in [0, 0.05) is 14.2 Å². The molecule has 11 heavy (non-hydrogen) atoms. The van der Waals surface area contributed by atoms with Gasteiger partial charge in [0.15, 0.2) is 0 Å². The maximum atomic E-state index is 5.46. The molecule has 66 valence electrons. The molecule has 1 fully saturated rings. The zero-order valence-electron chi connectivity index (χ0n) is 7.37. The first-order valence-corrected chi connectivity index (χ1v) is 4.00. The van der Waals surface area contributed by atoms with E-state index in [9.17, 15) is 0 Å². The van der Waals surface area contributed by atoms with E-state index in [1.165, 1.54) is 0 Å². The third kappa shape index (κ3) is 1.72. The van der Waals surface area contributed by atoms with Gasteiger partial charge >= 0.3 is 0 Å². The topological polar surface area (TPSA) is 27.7 Å². The Balaban J connectivity index is 2.48. The van der Waals surface area contributed by atoms with Gasteiger partial charge < -0.3 is 14.2 Å². The van der Waals surface area contributed by atoms with Crippen molar-refractivity contribution < 1.29 is 14.2 Å². The fourth-order valence-corrected chi connectivity index (χ4v) is 1.50. The van der Waals surface area contributed by atoms with Crippen LogP contribution in [-0.2, 0) is 14.2 Å². The molecule has 1 rings (SSSR count). The second-order valence-electron chi connectivity index (χ2n) is 2.75. The fourth-order valence-electron chi connectivity index (χ4n) is 1.50. The molecular weight excluding hydrogens is 144 g/mol. The van der Waals surface area contributed by atoms with E-state index in [1.54, 1.807) is 14.2 Å². The van der Waals surface area contributed by atoms with E-state index in [0.717, 1.165) is 6.42 Å². The molecule has 0 aromatic heterocycles. The first-order valence-electron chi connectivity index (χ1n) is 4.00. The maximum absolute atomic E-state index is 5.46. The summed E-state index contributed by atoms with van der Waals surface area (Å²) in [6, 6.07) is 0. The van der Waals surface area contributed by atoms with Gasteiger partial charge in [-0.2, -0.15) is 0 Å². The van der Waals surface area contributed by atoms with Crippen LogP contribution in [-0.4, -0.2) is 39.1 Å². The highest BCUT2D eigenvalue weighted by molar-refractivity contribution is 4.84. The van der Waals surface area contributed by atoms with Crippen molar-refractivity contribution >= 4 is 0 Å². The van der Waals surface area contributed by atoms with Crippen LogP contribution in [0.25, 0.3) is 0 Å². The van der Waals surface area contributed by atoms with Gasteiger partial charge in [-0.05, 0) is 6.42 Å². The molecule has 1 aliphatic heterocycles. The lowest BCUT2D eigenvalue weighted by Gasteiger charge is -2.18. The zero-order valence-corrected chi connectivity index (χ0v) is 7.37. The average Bonchev–Trinajstić information content (AvgIpc) is 2.45. The number of hydrogen-bond acceptors (Lipinski definition) is 3. The van der Waals surface area contributed by atoms with Crippen LogP contribution in [0.5, 0.6) is 0 Å². The summed E-state index contributed by atoms with van der Waals surface area (Å²) in [5, 5.41) is 0. The van der Waals surface area contributed by atoms with Crippen molar-refractivity contribution in [2.45, 2.75) is 31.7 Å². The summed E-state index contributed by atoms with van der Waals surface area (Å²) in [6.45, 7) is 2.75. The number of rotatable bonds is 3. The minimum atomic E-state index is 0.116. The average molecular weight is 160 g/mol. The minimum absolute atomic E-state index is 0.116. The van der Waals surface area contributed by atoms with Crippen molar-refractivity contribution in [3.8, 4) is 0 Å². The molecule has 1 aliphatic rings. The van der Waals surface area contributed by atoms with Gasteiger partial charge in [0.2, 0.25) is 0 Å². The van der Waals surface area contributed by atoms with Gasteiger partial charge in [0.05, 0.1) is 12.7 Å². The van der Waals surface area contributed by atoms with Gasteiger partial charge in [-0.3, -0.25) is 0 Å². The lowest BCUT2D eigenvalue weighted by molar-refractivity contribution is -0.0253. The second kappa shape index (κ2) is 4.04. The predicted octanol–water partition coefficient (Wildman–Crippen LogP) is 0.825. The highest BCUT2D eigenvalue weighted by atomic mass is 16.6. The molecule has 0 N–H and O–H groups in total. The van der Waals surface area contributed by atoms with Crippen LogP contribution in [0.3, 0.4) is 0 Å². The van der Waals surface area contributed by atoms with Crippen molar-refractivity contribution in [3.05, 3.63) is 0 Å². The molecular formula is C8H16O3. The largest absolute Gasteiger partial charge is 0.376 e. The molecule has 0 bridgehead atoms. The van der Waals surface area contributed by atoms with E-state index in [-0.39, 0.29) is 18.3 Å². The Morgan fingerprint density at radius 1 is 1.36 bits per heavy atom. The molecule has 0 radical (unpaired) electrons. The SMILES string of the molecule is CCC1OCC(OC)C1OC. The van der Waals surface area contributed by atoms with E-state index in [0.29, 0.717) is 6.61 Å². The van der Waals surface area contributed by atoms with E-state index < -0.39 is 0 Å². The first kappa shape index (κ1) is 8.97. The highest BCUT2D eigenvalue weighted by Crippen LogP contribution is 2.21. The van der Waals surface area contributed by atoms with Crippen LogP contribution in [0.2, 0.25) is 0 Å². The third-order valence-corrected chi connectivity index (χ3v) is 2.18. The standard InChI is InChI=1S/C8H16O3/c1-4-6-8(10-3)7(9-2)5-11-6/h6-8H,4-5H2,1-3H3. The lowest BCUT2D eigenvalue weighted by atomic mass is 10.1. The molecule has 3 heteroatoms. The van der Waals surface area contributed by atoms with Gasteiger partial charge in [0.25, 0.3) is 0 Å². The smallest absolute Gasteiger partial charge is 0.112 e. The third-order valence-electron chi connectivity index (χ3n) is 2.18. The zero-order chi connectivity index (χ0) is 8.27. The van der Waals surface area contributed by atoms with Crippen molar-refractivity contribution in [1.82, 2.24) is 0 Å². The number of ether oxygens (including phenoxy) is 3. The van der Waals surface area contributed by atoms with Crippen molar-refractivity contribution in [2.24, 2.45) is 0 Å². The van der Waals surface area contributed by atoms with Crippen LogP contribution in [0.1, 0.15) is 13.3 Å². The molecule has 1 saturated heterocycles. The van der Waals surface area contributed by atoms with Crippen LogP contribution in [0, 0.1) is 0 Å². The Kier molecular flexibility index (Phi) is 3.30. The normalized spacial score (nSPS) is 37.9. The molecule has 0 aliphatic carbocycles. The lowest BCUT2D eigenvalue weighted by Crippen LogP contribution is -2.32. The molecule has 1 heterocycles. The van der Waals surface area contributed by atoms with Crippen LogP contribution < -0.4 is 0 Å². The summed E-state index contributed by atoms with van der Waals surface area (Å²) in [4.78, 5) is 0. The van der Waals surface area contributed by atoms with Crippen LogP contribution in [0.15, 0.2) is 0 Å². The van der Waals surface area contributed by atoms with Crippen LogP contribution in [0.4, 0.5) is 0 Å². The summed E-state index contributed by atoms with van der Waals surface area (Å²) < 4.78 is 15.9. The van der Waals surface area contributed by atoms with E-state index in [2.05, 4.69) is 6.92 Å². The molecule has 0 aromatic rings. The monoisotopic (exact) mass is 160 g/mol. The molecule has 3 unspecified atom stereocenters. The van der Waals surface area contributed by atoms with E-state index in [1.807, 2.05) is 0 Å². The van der Waals surface area contributed by atoms with Gasteiger partial charge in [0.1, 0.15) is 12.2 Å².